The molecule has 4 bridgehead atoms. The molecule has 5 aliphatic rings. The minimum Gasteiger partial charge on any atom is -0.273 e. The number of benzene rings is 1. The highest BCUT2D eigenvalue weighted by molar-refractivity contribution is 8.11. The van der Waals surface area contributed by atoms with Crippen molar-refractivity contribution in [2.45, 2.75) is 62.4 Å². The number of nitrogens with zero attached hydrogens (tertiary/aromatic N) is 2. The van der Waals surface area contributed by atoms with Gasteiger partial charge in [0.2, 0.25) is 5.91 Å². The van der Waals surface area contributed by atoms with Crippen LogP contribution in [0, 0.1) is 23.7 Å². The number of rotatable bonds is 5. The zero-order valence-electron chi connectivity index (χ0n) is 18.4. The van der Waals surface area contributed by atoms with Gasteiger partial charge in [-0.15, -0.1) is 0 Å². The highest BCUT2D eigenvalue weighted by Crippen LogP contribution is 2.62. The van der Waals surface area contributed by atoms with Crippen LogP contribution in [-0.2, 0) is 20.7 Å². The number of nitrogens with one attached hydrogen (secondary N) is 1. The average molecular weight is 476 g/mol. The van der Waals surface area contributed by atoms with Crippen LogP contribution in [0.5, 0.6) is 0 Å². The van der Waals surface area contributed by atoms with E-state index in [0.29, 0.717) is 30.1 Å². The minimum absolute atomic E-state index is 0.287. The van der Waals surface area contributed by atoms with Crippen LogP contribution in [0.25, 0.3) is 0 Å². The zero-order chi connectivity index (χ0) is 22.7. The van der Waals surface area contributed by atoms with Gasteiger partial charge in [0.15, 0.2) is 0 Å². The second kappa shape index (κ2) is 7.95. The molecule has 4 unspecified atom stereocenters. The average Bonchev–Trinajstić information content (AvgIpc) is 3.46. The van der Waals surface area contributed by atoms with Crippen molar-refractivity contribution in [3.8, 4) is 0 Å². The lowest BCUT2D eigenvalue weighted by Gasteiger charge is -2.62. The van der Waals surface area contributed by atoms with Crippen molar-refractivity contribution in [2.24, 2.45) is 28.0 Å². The lowest BCUT2D eigenvalue weighted by Crippen LogP contribution is -2.65. The van der Waals surface area contributed by atoms with Crippen molar-refractivity contribution >= 4 is 33.6 Å². The van der Waals surface area contributed by atoms with Gasteiger partial charge in [0.25, 0.3) is 0 Å². The van der Waals surface area contributed by atoms with E-state index in [1.165, 1.54) is 12.8 Å². The van der Waals surface area contributed by atoms with Crippen LogP contribution >= 0.6 is 11.9 Å². The van der Waals surface area contributed by atoms with Gasteiger partial charge in [-0.25, -0.2) is 0 Å². The van der Waals surface area contributed by atoms with E-state index in [1.54, 1.807) is 11.9 Å². The van der Waals surface area contributed by atoms with E-state index in [4.69, 9.17) is 0 Å². The van der Waals surface area contributed by atoms with Gasteiger partial charge in [-0.2, -0.15) is 12.8 Å². The molecule has 0 heterocycles. The Morgan fingerprint density at radius 1 is 1.09 bits per heavy atom. The fourth-order valence-corrected chi connectivity index (χ4v) is 8.21. The Labute approximate surface area is 194 Å². The summed E-state index contributed by atoms with van der Waals surface area (Å²) in [5, 5.41) is -0.295. The zero-order valence-corrected chi connectivity index (χ0v) is 20.0. The SMILES string of the molecule is CNSC(=O)N(C(=O)C1(c2ccccc2)CC1N=S(=O)=O)C12CC3CC(C1)C(C)C(C3)C2. The molecule has 0 spiro atoms. The first-order valence-corrected chi connectivity index (χ1v) is 13.2. The molecule has 32 heavy (non-hydrogen) atoms. The monoisotopic (exact) mass is 475 g/mol. The van der Waals surface area contributed by atoms with Gasteiger partial charge in [0, 0.05) is 11.9 Å². The molecule has 0 saturated heterocycles. The first-order valence-electron chi connectivity index (χ1n) is 11.4. The molecule has 1 aromatic rings. The van der Waals surface area contributed by atoms with Gasteiger partial charge < -0.3 is 0 Å². The number of hydrogen-bond donors (Lipinski definition) is 1. The Bertz CT molecular complexity index is 1050. The lowest BCUT2D eigenvalue weighted by molar-refractivity contribution is -0.149. The molecule has 6 rings (SSSR count). The highest BCUT2D eigenvalue weighted by atomic mass is 32.2. The summed E-state index contributed by atoms with van der Waals surface area (Å²) in [5.41, 5.74) is -0.846. The molecule has 172 valence electrons. The van der Waals surface area contributed by atoms with Crippen LogP contribution < -0.4 is 4.72 Å². The fourth-order valence-electron chi connectivity index (χ4n) is 7.21. The predicted molar refractivity (Wildman–Crippen MR) is 122 cm³/mol. The van der Waals surface area contributed by atoms with Crippen molar-refractivity contribution in [2.75, 3.05) is 7.05 Å². The summed E-state index contributed by atoms with van der Waals surface area (Å²) in [5.74, 6) is 1.95. The van der Waals surface area contributed by atoms with Crippen molar-refractivity contribution in [1.82, 2.24) is 9.62 Å². The van der Waals surface area contributed by atoms with Gasteiger partial charge in [-0.3, -0.25) is 19.2 Å². The van der Waals surface area contributed by atoms with Crippen molar-refractivity contribution in [1.29, 1.82) is 0 Å². The third-order valence-corrected chi connectivity index (χ3v) is 9.56. The Balaban J connectivity index is 1.59. The van der Waals surface area contributed by atoms with Crippen LogP contribution in [0.1, 0.15) is 51.0 Å². The van der Waals surface area contributed by atoms with Crippen molar-refractivity contribution < 1.29 is 18.0 Å². The molecule has 5 aliphatic carbocycles. The summed E-state index contributed by atoms with van der Waals surface area (Å²) in [4.78, 5) is 29.3. The molecule has 0 radical (unpaired) electrons. The topological polar surface area (TPSA) is 95.9 Å². The van der Waals surface area contributed by atoms with Gasteiger partial charge >= 0.3 is 15.7 Å². The molecule has 5 saturated carbocycles. The van der Waals surface area contributed by atoms with Crippen LogP contribution in [-0.4, -0.2) is 43.1 Å². The van der Waals surface area contributed by atoms with Crippen LogP contribution in [0.15, 0.2) is 34.7 Å². The summed E-state index contributed by atoms with van der Waals surface area (Å²) in [6.45, 7) is 2.32. The number of carbonyl (C=O) groups is 2. The molecule has 2 amide bonds. The van der Waals surface area contributed by atoms with Gasteiger partial charge in [0.1, 0.15) is 5.41 Å². The third kappa shape index (κ3) is 3.35. The number of carbonyl (C=O) groups excluding carboxylic acids is 2. The minimum atomic E-state index is -2.61. The maximum Gasteiger partial charge on any atom is 0.311 e. The van der Waals surface area contributed by atoms with Crippen LogP contribution in [0.4, 0.5) is 4.79 Å². The van der Waals surface area contributed by atoms with Gasteiger partial charge in [-0.1, -0.05) is 37.3 Å². The Morgan fingerprint density at radius 3 is 2.34 bits per heavy atom. The summed E-state index contributed by atoms with van der Waals surface area (Å²) in [6.07, 6.45) is 5.24. The van der Waals surface area contributed by atoms with Crippen molar-refractivity contribution in [3.63, 3.8) is 0 Å². The van der Waals surface area contributed by atoms with E-state index in [0.717, 1.165) is 36.8 Å². The van der Waals surface area contributed by atoms with Crippen molar-refractivity contribution in [3.05, 3.63) is 35.9 Å². The summed E-state index contributed by atoms with van der Waals surface area (Å²) in [7, 11) is -0.934. The maximum absolute atomic E-state index is 14.3. The van der Waals surface area contributed by atoms with E-state index in [-0.39, 0.29) is 11.1 Å². The Morgan fingerprint density at radius 2 is 1.75 bits per heavy atom. The third-order valence-electron chi connectivity index (χ3n) is 8.57. The highest BCUT2D eigenvalue weighted by Gasteiger charge is 2.68. The molecular weight excluding hydrogens is 446 g/mol. The van der Waals surface area contributed by atoms with Gasteiger partial charge in [-0.05, 0) is 74.8 Å². The molecule has 1 aromatic carbocycles. The van der Waals surface area contributed by atoms with Crippen LogP contribution in [0.3, 0.4) is 0 Å². The fraction of sp³-hybridized carbons (Fsp3) is 0.652. The molecule has 0 aromatic heterocycles. The molecule has 4 atom stereocenters. The van der Waals surface area contributed by atoms with E-state index < -0.39 is 27.5 Å². The molecule has 9 heteroatoms. The first-order chi connectivity index (χ1) is 15.3. The standard InChI is InChI=1S/C23H29N3O4S2/c1-14-16-8-15-9-17(14)12-22(10-15,11-16)26(21(28)31-24-2)20(27)23(13-19(23)25-32(29)30)18-6-4-3-5-7-18/h3-7,14-17,19,24H,8-13H2,1-2H3. The normalized spacial score (nSPS) is 38.9. The van der Waals surface area contributed by atoms with E-state index in [2.05, 4.69) is 16.0 Å². The molecule has 7 nitrogen and oxygen atoms in total. The maximum atomic E-state index is 14.3. The number of hydrogen-bond acceptors (Lipinski definition) is 7. The predicted octanol–water partition coefficient (Wildman–Crippen LogP) is 3.79. The van der Waals surface area contributed by atoms with Crippen LogP contribution in [0.2, 0.25) is 0 Å². The first kappa shape index (κ1) is 22.1. The Kier molecular flexibility index (Phi) is 5.49. The summed E-state index contributed by atoms with van der Waals surface area (Å²) >= 11 is 0.936. The second-order valence-corrected chi connectivity index (χ2v) is 11.8. The van der Waals surface area contributed by atoms with Gasteiger partial charge in [0.05, 0.1) is 11.6 Å². The summed E-state index contributed by atoms with van der Waals surface area (Å²) < 4.78 is 29.4. The lowest BCUT2D eigenvalue weighted by atomic mass is 9.49. The Hall–Kier alpha value is -1.71. The summed E-state index contributed by atoms with van der Waals surface area (Å²) in [6, 6.07) is 8.57. The smallest absolute Gasteiger partial charge is 0.273 e. The number of amides is 2. The molecule has 0 aliphatic heterocycles. The largest absolute Gasteiger partial charge is 0.311 e. The quantitative estimate of drug-likeness (QED) is 0.651. The second-order valence-electron chi connectivity index (χ2n) is 10.1. The number of imide groups is 1. The van der Waals surface area contributed by atoms with E-state index >= 15 is 0 Å². The molecule has 1 N–H and O–H groups in total. The van der Waals surface area contributed by atoms with E-state index in [9.17, 15) is 18.0 Å². The molecule has 5 fully saturated rings. The molecular formula is C23H29N3O4S2. The van der Waals surface area contributed by atoms with E-state index in [1.807, 2.05) is 30.3 Å².